The average molecular weight is 1370 g/mol. The molecular weight excluding hydrogens is 1230 g/mol. The Hall–Kier alpha value is -4.39. The van der Waals surface area contributed by atoms with Crippen molar-refractivity contribution in [2.45, 2.75) is 344 Å². The van der Waals surface area contributed by atoms with Crippen LogP contribution in [0.4, 0.5) is 0 Å². The Labute approximate surface area is 595 Å². The van der Waals surface area contributed by atoms with Gasteiger partial charge in [0.25, 0.3) is 0 Å². The molecule has 0 aromatic heterocycles. The molecule has 0 aliphatic carbocycles. The second-order valence-electron chi connectivity index (χ2n) is 26.4. The maximum absolute atomic E-state index is 13.4. The number of amides is 1. The second kappa shape index (κ2) is 65.9. The number of nitrogens with one attached hydrogen (secondary N) is 1. The number of unbranched alkanes of at least 4 members (excludes halogenated alkanes) is 25. The summed E-state index contributed by atoms with van der Waals surface area (Å²) in [4.78, 5) is 13.4. The van der Waals surface area contributed by atoms with Gasteiger partial charge in [0.15, 0.2) is 12.6 Å². The molecule has 0 aromatic rings. The van der Waals surface area contributed by atoms with Crippen LogP contribution < -0.4 is 5.32 Å². The topological polar surface area (TPSA) is 228 Å². The zero-order valence-corrected chi connectivity index (χ0v) is 61.0. The molecule has 1 amide bonds. The SMILES string of the molecule is CC/C=C\C/C=C\C/C=C\C/C=C\C/C=C\C/C=C\C/C=C\C/C=C\C/C=C\C/C=C\C/C=C\CCCCCC(=O)NC(COC1OC(CO)C(OC2OC(CO)C(O)C(O)C2O)C(O)C1O)C(O)/C=C/CC/C=C/CCCCCCCCCCCCCCCCCCCCCCC. The average Bonchev–Trinajstić information content (AvgIpc) is 0.793. The molecule has 98 heavy (non-hydrogen) atoms. The van der Waals surface area contributed by atoms with Gasteiger partial charge in [-0.3, -0.25) is 4.79 Å². The normalized spacial score (nSPS) is 23.0. The van der Waals surface area contributed by atoms with Crippen molar-refractivity contribution >= 4 is 5.91 Å². The Kier molecular flexibility index (Phi) is 60.3. The zero-order chi connectivity index (χ0) is 70.8. The first-order valence-electron chi connectivity index (χ1n) is 38.7. The van der Waals surface area contributed by atoms with Crippen molar-refractivity contribution in [3.8, 4) is 0 Å². The van der Waals surface area contributed by atoms with Crippen LogP contribution >= 0.6 is 0 Å². The molecule has 12 unspecified atom stereocenters. The quantitative estimate of drug-likeness (QED) is 0.0204. The summed E-state index contributed by atoms with van der Waals surface area (Å²) in [6.07, 6.45) is 84.5. The summed E-state index contributed by atoms with van der Waals surface area (Å²) in [5.74, 6) is -0.285. The van der Waals surface area contributed by atoms with Crippen LogP contribution in [0.25, 0.3) is 0 Å². The molecule has 2 fully saturated rings. The van der Waals surface area contributed by atoms with Crippen molar-refractivity contribution in [1.82, 2.24) is 5.32 Å². The molecule has 0 aromatic carbocycles. The predicted octanol–water partition coefficient (Wildman–Crippen LogP) is 17.3. The number of hydrogen-bond donors (Lipinski definition) is 9. The van der Waals surface area contributed by atoms with Gasteiger partial charge in [-0.25, -0.2) is 0 Å². The van der Waals surface area contributed by atoms with E-state index in [2.05, 4.69) is 165 Å². The lowest BCUT2D eigenvalue weighted by molar-refractivity contribution is -0.359. The molecule has 0 bridgehead atoms. The van der Waals surface area contributed by atoms with Gasteiger partial charge < -0.3 is 65.1 Å². The standard InChI is InChI=1S/C84H139NO13/c1-3-5-7-9-11-13-15-17-19-21-23-25-27-29-31-32-33-34-35-36-37-38-39-40-42-44-46-48-50-52-54-56-58-60-62-64-66-68-76(89)85-72(71-95-83-81(94)79(92)82(75(70-87)97-83)98-84-80(93)78(91)77(90)74(69-86)96-84)73(88)67-65-63-61-59-57-55-53-51-49-47-45-43-41-30-28-26-24-22-20-18-16-14-12-10-8-6-4-2/h5,7,11,13,17,19,23,25,29,31,33-34,36-37,39-40,44,46,50,52,56-59,65,67,72-75,77-84,86-88,90-94H,3-4,6,8-10,12,14-16,18,20-22,24,26-28,30,32,35,38,41-43,45,47-49,51,53-55,60-64,66,68-71H2,1-2H3,(H,85,89)/b7-5-,13-11-,19-17-,25-23-,31-29-,34-33-,37-36-,40-39-,46-44-,52-50-,58-56-,59-57+,67-65+. The van der Waals surface area contributed by atoms with Gasteiger partial charge in [0.1, 0.15) is 48.8 Å². The highest BCUT2D eigenvalue weighted by Gasteiger charge is 2.51. The number of aliphatic hydroxyl groups excluding tert-OH is 8. The van der Waals surface area contributed by atoms with Gasteiger partial charge in [-0.2, -0.15) is 0 Å². The third-order valence-corrected chi connectivity index (χ3v) is 17.7. The third kappa shape index (κ3) is 48.4. The number of carbonyl (C=O) groups excluding carboxylic acids is 1. The van der Waals surface area contributed by atoms with E-state index in [0.717, 1.165) is 103 Å². The first kappa shape index (κ1) is 89.7. The molecule has 12 atom stereocenters. The van der Waals surface area contributed by atoms with Crippen LogP contribution in [0.3, 0.4) is 0 Å². The van der Waals surface area contributed by atoms with Crippen LogP contribution in [0, 0.1) is 0 Å². The van der Waals surface area contributed by atoms with Crippen LogP contribution in [0.2, 0.25) is 0 Å². The van der Waals surface area contributed by atoms with Crippen molar-refractivity contribution in [3.05, 3.63) is 158 Å². The van der Waals surface area contributed by atoms with Gasteiger partial charge in [0.05, 0.1) is 32.0 Å². The van der Waals surface area contributed by atoms with E-state index in [1.54, 1.807) is 6.08 Å². The minimum atomic E-state index is -1.80. The molecule has 0 saturated carbocycles. The number of aliphatic hydroxyl groups is 8. The van der Waals surface area contributed by atoms with Crippen LogP contribution in [0.15, 0.2) is 158 Å². The fraction of sp³-hybridized carbons (Fsp3) is 0.679. The monoisotopic (exact) mass is 1370 g/mol. The van der Waals surface area contributed by atoms with Crippen LogP contribution in [-0.4, -0.2) is 140 Å². The number of hydrogen-bond acceptors (Lipinski definition) is 13. The zero-order valence-electron chi connectivity index (χ0n) is 61.0. The summed E-state index contributed by atoms with van der Waals surface area (Å²) in [7, 11) is 0. The summed E-state index contributed by atoms with van der Waals surface area (Å²) < 4.78 is 22.8. The van der Waals surface area contributed by atoms with E-state index in [1.165, 1.54) is 135 Å². The van der Waals surface area contributed by atoms with E-state index in [9.17, 15) is 45.6 Å². The largest absolute Gasteiger partial charge is 0.394 e. The minimum absolute atomic E-state index is 0.223. The summed E-state index contributed by atoms with van der Waals surface area (Å²) in [6, 6.07) is -0.964. The number of carbonyl (C=O) groups is 1. The van der Waals surface area contributed by atoms with Crippen molar-refractivity contribution in [1.29, 1.82) is 0 Å². The molecule has 2 aliphatic rings. The molecule has 0 radical (unpaired) electrons. The molecule has 9 N–H and O–H groups in total. The highest BCUT2D eigenvalue weighted by Crippen LogP contribution is 2.30. The van der Waals surface area contributed by atoms with Crippen molar-refractivity contribution in [2.75, 3.05) is 19.8 Å². The molecule has 2 rings (SSSR count). The Morgan fingerprint density at radius 3 is 1.12 bits per heavy atom. The van der Waals surface area contributed by atoms with Crippen LogP contribution in [-0.2, 0) is 23.7 Å². The molecule has 558 valence electrons. The van der Waals surface area contributed by atoms with Crippen molar-refractivity contribution < 1.29 is 64.6 Å². The van der Waals surface area contributed by atoms with Crippen molar-refractivity contribution in [3.63, 3.8) is 0 Å². The summed E-state index contributed by atoms with van der Waals surface area (Å²) in [5.41, 5.74) is 0. The Balaban J connectivity index is 1.69. The van der Waals surface area contributed by atoms with Gasteiger partial charge in [-0.05, 0) is 116 Å². The Morgan fingerprint density at radius 2 is 0.714 bits per heavy atom. The summed E-state index contributed by atoms with van der Waals surface area (Å²) in [5, 5.41) is 87.6. The fourth-order valence-corrected chi connectivity index (χ4v) is 11.6. The first-order valence-corrected chi connectivity index (χ1v) is 38.7. The highest BCUT2D eigenvalue weighted by atomic mass is 16.7. The molecule has 14 heteroatoms. The van der Waals surface area contributed by atoms with Crippen LogP contribution in [0.5, 0.6) is 0 Å². The van der Waals surface area contributed by atoms with Gasteiger partial charge in [0.2, 0.25) is 5.91 Å². The lowest BCUT2D eigenvalue weighted by atomic mass is 9.97. The maximum atomic E-state index is 13.4. The van der Waals surface area contributed by atoms with Crippen molar-refractivity contribution in [2.24, 2.45) is 0 Å². The lowest BCUT2D eigenvalue weighted by Gasteiger charge is -2.46. The van der Waals surface area contributed by atoms with E-state index in [-0.39, 0.29) is 18.9 Å². The van der Waals surface area contributed by atoms with Gasteiger partial charge in [0, 0.05) is 6.42 Å². The minimum Gasteiger partial charge on any atom is -0.394 e. The third-order valence-electron chi connectivity index (χ3n) is 17.7. The smallest absolute Gasteiger partial charge is 0.220 e. The first-order chi connectivity index (χ1) is 48.1. The number of rotatable bonds is 62. The van der Waals surface area contributed by atoms with E-state index < -0.39 is 86.8 Å². The van der Waals surface area contributed by atoms with Crippen LogP contribution in [0.1, 0.15) is 271 Å². The molecular formula is C84H139NO13. The molecule has 14 nitrogen and oxygen atoms in total. The van der Waals surface area contributed by atoms with Gasteiger partial charge >= 0.3 is 0 Å². The van der Waals surface area contributed by atoms with E-state index in [0.29, 0.717) is 12.8 Å². The summed E-state index contributed by atoms with van der Waals surface area (Å²) in [6.45, 7) is 2.66. The number of ether oxygens (including phenoxy) is 4. The van der Waals surface area contributed by atoms with Gasteiger partial charge in [-0.15, -0.1) is 0 Å². The van der Waals surface area contributed by atoms with Gasteiger partial charge in [-0.1, -0.05) is 307 Å². The predicted molar refractivity (Wildman–Crippen MR) is 405 cm³/mol. The van der Waals surface area contributed by atoms with E-state index in [4.69, 9.17) is 18.9 Å². The Morgan fingerprint density at radius 1 is 0.378 bits per heavy atom. The summed E-state index contributed by atoms with van der Waals surface area (Å²) >= 11 is 0. The molecule has 0 spiro atoms. The lowest BCUT2D eigenvalue weighted by Crippen LogP contribution is -2.65. The molecule has 2 saturated heterocycles. The Bertz CT molecular complexity index is 2260. The fourth-order valence-electron chi connectivity index (χ4n) is 11.6. The number of allylic oxidation sites excluding steroid dienone is 25. The van der Waals surface area contributed by atoms with E-state index in [1.807, 2.05) is 6.08 Å². The highest BCUT2D eigenvalue weighted by molar-refractivity contribution is 5.76. The molecule has 2 heterocycles. The molecule has 2 aliphatic heterocycles. The maximum Gasteiger partial charge on any atom is 0.220 e. The second-order valence-corrected chi connectivity index (χ2v) is 26.4. The van der Waals surface area contributed by atoms with E-state index >= 15 is 0 Å².